The van der Waals surface area contributed by atoms with E-state index in [1.165, 1.54) is 45.2 Å². The zero-order valence-corrected chi connectivity index (χ0v) is 13.9. The smallest absolute Gasteiger partial charge is 0.223 e. The van der Waals surface area contributed by atoms with Crippen molar-refractivity contribution < 1.29 is 4.79 Å². The quantitative estimate of drug-likeness (QED) is 0.863. The third kappa shape index (κ3) is 6.61. The summed E-state index contributed by atoms with van der Waals surface area (Å²) in [5.74, 6) is 0.296. The molecule has 4 nitrogen and oxygen atoms in total. The number of carbonyl (C=O) groups is 1. The molecule has 2 saturated heterocycles. The number of likely N-dealkylation sites (tertiary alicyclic amines) is 2. The second-order valence-electron chi connectivity index (χ2n) is 5.75. The van der Waals surface area contributed by atoms with Crippen LogP contribution in [0.3, 0.4) is 0 Å². The van der Waals surface area contributed by atoms with Gasteiger partial charge in [0.25, 0.3) is 0 Å². The molecular formula is C14H29Cl2N3O. The van der Waals surface area contributed by atoms with E-state index in [1.807, 2.05) is 4.90 Å². The fraction of sp³-hybridized carbons (Fsp3) is 0.929. The van der Waals surface area contributed by atoms with Crippen LogP contribution in [0.1, 0.15) is 44.9 Å². The van der Waals surface area contributed by atoms with E-state index in [4.69, 9.17) is 5.73 Å². The van der Waals surface area contributed by atoms with Crippen molar-refractivity contribution in [3.05, 3.63) is 0 Å². The Labute approximate surface area is 135 Å². The van der Waals surface area contributed by atoms with E-state index in [1.54, 1.807) is 0 Å². The summed E-state index contributed by atoms with van der Waals surface area (Å²) in [6, 6.07) is 0.204. The van der Waals surface area contributed by atoms with Gasteiger partial charge >= 0.3 is 0 Å². The third-order valence-corrected chi connectivity index (χ3v) is 4.17. The van der Waals surface area contributed by atoms with Crippen LogP contribution >= 0.6 is 24.8 Å². The van der Waals surface area contributed by atoms with Gasteiger partial charge in [-0.3, -0.25) is 4.79 Å². The molecular weight excluding hydrogens is 297 g/mol. The van der Waals surface area contributed by atoms with Gasteiger partial charge in [-0.15, -0.1) is 24.8 Å². The highest BCUT2D eigenvalue weighted by molar-refractivity contribution is 5.85. The number of nitrogens with zero attached hydrogens (tertiary/aromatic N) is 2. The molecule has 0 bridgehead atoms. The van der Waals surface area contributed by atoms with E-state index >= 15 is 0 Å². The van der Waals surface area contributed by atoms with Crippen LogP contribution in [0.2, 0.25) is 0 Å². The Kier molecular flexibility index (Phi) is 10.6. The normalized spacial score (nSPS) is 24.2. The van der Waals surface area contributed by atoms with Crippen molar-refractivity contribution in [3.63, 3.8) is 0 Å². The van der Waals surface area contributed by atoms with Crippen LogP contribution < -0.4 is 5.73 Å². The van der Waals surface area contributed by atoms with Crippen molar-refractivity contribution in [2.45, 2.75) is 51.0 Å². The Balaban J connectivity index is 0.00000180. The second kappa shape index (κ2) is 10.7. The van der Waals surface area contributed by atoms with Crippen molar-refractivity contribution in [2.75, 3.05) is 32.7 Å². The van der Waals surface area contributed by atoms with Crippen LogP contribution in [0.15, 0.2) is 0 Å². The zero-order chi connectivity index (χ0) is 12.8. The van der Waals surface area contributed by atoms with E-state index in [0.717, 1.165) is 26.1 Å². The molecule has 2 rings (SSSR count). The lowest BCUT2D eigenvalue weighted by Gasteiger charge is -2.25. The molecule has 0 spiro atoms. The first-order valence-electron chi connectivity index (χ1n) is 7.51. The fourth-order valence-corrected chi connectivity index (χ4v) is 2.96. The molecule has 2 heterocycles. The average Bonchev–Trinajstić information content (AvgIpc) is 2.74. The Bertz CT molecular complexity index is 271. The molecule has 0 aromatic carbocycles. The van der Waals surface area contributed by atoms with Crippen LogP contribution in [0.25, 0.3) is 0 Å². The largest absolute Gasteiger partial charge is 0.341 e. The summed E-state index contributed by atoms with van der Waals surface area (Å²) < 4.78 is 0. The van der Waals surface area contributed by atoms with E-state index < -0.39 is 0 Å². The van der Waals surface area contributed by atoms with E-state index in [9.17, 15) is 4.79 Å². The molecule has 0 aliphatic carbocycles. The SMILES string of the molecule is Cl.Cl.N[C@H]1CCN(C(=O)CCN2CCCCCCC2)C1. The summed E-state index contributed by atoms with van der Waals surface area (Å²) in [5, 5.41) is 0. The van der Waals surface area contributed by atoms with Crippen molar-refractivity contribution in [1.29, 1.82) is 0 Å². The Hall–Kier alpha value is -0.0300. The number of amides is 1. The Morgan fingerprint density at radius 3 is 2.15 bits per heavy atom. The van der Waals surface area contributed by atoms with E-state index in [-0.39, 0.29) is 30.9 Å². The van der Waals surface area contributed by atoms with Crippen molar-refractivity contribution >= 4 is 30.7 Å². The van der Waals surface area contributed by atoms with Crippen LogP contribution in [0, 0.1) is 0 Å². The molecule has 1 atom stereocenters. The minimum atomic E-state index is 0. The monoisotopic (exact) mass is 325 g/mol. The summed E-state index contributed by atoms with van der Waals surface area (Å²) in [7, 11) is 0. The number of halogens is 2. The molecule has 2 aliphatic rings. The molecule has 0 aromatic rings. The predicted molar refractivity (Wildman–Crippen MR) is 87.8 cm³/mol. The summed E-state index contributed by atoms with van der Waals surface area (Å²) in [5.41, 5.74) is 5.84. The Morgan fingerprint density at radius 2 is 1.60 bits per heavy atom. The number of rotatable bonds is 3. The number of hydrogen-bond donors (Lipinski definition) is 1. The maximum atomic E-state index is 12.0. The van der Waals surface area contributed by atoms with Gasteiger partial charge in [-0.25, -0.2) is 0 Å². The highest BCUT2D eigenvalue weighted by Gasteiger charge is 2.23. The Morgan fingerprint density at radius 1 is 1.00 bits per heavy atom. The molecule has 20 heavy (non-hydrogen) atoms. The van der Waals surface area contributed by atoms with Crippen LogP contribution in [-0.4, -0.2) is 54.5 Å². The zero-order valence-electron chi connectivity index (χ0n) is 12.3. The van der Waals surface area contributed by atoms with Crippen LogP contribution in [0.5, 0.6) is 0 Å². The minimum absolute atomic E-state index is 0. The maximum absolute atomic E-state index is 12.0. The van der Waals surface area contributed by atoms with Crippen molar-refractivity contribution in [2.24, 2.45) is 5.73 Å². The number of carbonyl (C=O) groups excluding carboxylic acids is 1. The maximum Gasteiger partial charge on any atom is 0.223 e. The molecule has 0 aromatic heterocycles. The van der Waals surface area contributed by atoms with Gasteiger partial charge in [0.15, 0.2) is 0 Å². The van der Waals surface area contributed by atoms with Crippen molar-refractivity contribution in [3.8, 4) is 0 Å². The van der Waals surface area contributed by atoms with Gasteiger partial charge in [0.2, 0.25) is 5.91 Å². The van der Waals surface area contributed by atoms with Gasteiger partial charge in [0.05, 0.1) is 0 Å². The summed E-state index contributed by atoms with van der Waals surface area (Å²) >= 11 is 0. The summed E-state index contributed by atoms with van der Waals surface area (Å²) in [4.78, 5) is 16.4. The van der Waals surface area contributed by atoms with Gasteiger partial charge in [-0.05, 0) is 32.4 Å². The molecule has 2 N–H and O–H groups in total. The molecule has 0 saturated carbocycles. The molecule has 0 unspecified atom stereocenters. The molecule has 2 aliphatic heterocycles. The van der Waals surface area contributed by atoms with E-state index in [0.29, 0.717) is 12.3 Å². The lowest BCUT2D eigenvalue weighted by molar-refractivity contribution is -0.130. The lowest BCUT2D eigenvalue weighted by Crippen LogP contribution is -2.35. The topological polar surface area (TPSA) is 49.6 Å². The fourth-order valence-electron chi connectivity index (χ4n) is 2.96. The molecule has 1 amide bonds. The predicted octanol–water partition coefficient (Wildman–Crippen LogP) is 2.05. The molecule has 120 valence electrons. The first-order valence-corrected chi connectivity index (χ1v) is 7.51. The van der Waals surface area contributed by atoms with Crippen LogP contribution in [0.4, 0.5) is 0 Å². The van der Waals surface area contributed by atoms with E-state index in [2.05, 4.69) is 4.90 Å². The van der Waals surface area contributed by atoms with Gasteiger partial charge in [0, 0.05) is 32.1 Å². The molecule has 2 fully saturated rings. The van der Waals surface area contributed by atoms with Gasteiger partial charge in [0.1, 0.15) is 0 Å². The second-order valence-corrected chi connectivity index (χ2v) is 5.75. The van der Waals surface area contributed by atoms with Crippen molar-refractivity contribution in [1.82, 2.24) is 9.80 Å². The highest BCUT2D eigenvalue weighted by atomic mass is 35.5. The first kappa shape index (κ1) is 20.0. The number of hydrogen-bond acceptors (Lipinski definition) is 3. The van der Waals surface area contributed by atoms with Crippen LogP contribution in [-0.2, 0) is 4.79 Å². The molecule has 6 heteroatoms. The average molecular weight is 326 g/mol. The summed E-state index contributed by atoms with van der Waals surface area (Å²) in [6.45, 7) is 4.91. The highest BCUT2D eigenvalue weighted by Crippen LogP contribution is 2.12. The lowest BCUT2D eigenvalue weighted by atomic mass is 10.1. The van der Waals surface area contributed by atoms with Gasteiger partial charge in [-0.1, -0.05) is 19.3 Å². The molecule has 0 radical (unpaired) electrons. The third-order valence-electron chi connectivity index (χ3n) is 4.17. The number of nitrogens with two attached hydrogens (primary N) is 1. The van der Waals surface area contributed by atoms with Gasteiger partial charge < -0.3 is 15.5 Å². The van der Waals surface area contributed by atoms with Gasteiger partial charge in [-0.2, -0.15) is 0 Å². The first-order chi connectivity index (χ1) is 8.75. The summed E-state index contributed by atoms with van der Waals surface area (Å²) in [6.07, 6.45) is 8.32. The minimum Gasteiger partial charge on any atom is -0.341 e. The standard InChI is InChI=1S/C14H27N3O.2ClH/c15-13-6-11-17(12-13)14(18)7-10-16-8-4-2-1-3-5-9-16;;/h13H,1-12,15H2;2*1H/t13-;;/m0../s1.